The van der Waals surface area contributed by atoms with Crippen LogP contribution in [0.15, 0.2) is 23.2 Å². The summed E-state index contributed by atoms with van der Waals surface area (Å²) in [6.07, 6.45) is 2.20. The average Bonchev–Trinajstić information content (AvgIpc) is 3.21. The van der Waals surface area contributed by atoms with Gasteiger partial charge in [0.15, 0.2) is 5.96 Å². The molecule has 0 unspecified atom stereocenters. The molecule has 2 rings (SSSR count). The van der Waals surface area contributed by atoms with Gasteiger partial charge in [0.05, 0.1) is 6.54 Å². The van der Waals surface area contributed by atoms with E-state index in [1.54, 1.807) is 6.07 Å². The molecule has 0 heterocycles. The first-order valence-corrected chi connectivity index (χ1v) is 6.61. The highest BCUT2D eigenvalue weighted by atomic mass is 35.5. The molecule has 0 atom stereocenters. The molecule has 0 aromatic heterocycles. The molecule has 0 bridgehead atoms. The highest BCUT2D eigenvalue weighted by molar-refractivity contribution is 6.30. The molecule has 0 radical (unpaired) electrons. The van der Waals surface area contributed by atoms with Gasteiger partial charge in [-0.1, -0.05) is 11.6 Å². The number of rotatable bonds is 5. The standard InChI is InChI=1S/C13H16ClF2N3O/c1-19(10-3-4-10)13(17)18-7-8-6-9(14)2-5-11(8)20-12(15)16/h2,5-6,10,12H,3-4,7H2,1H3,(H2,17,18). The van der Waals surface area contributed by atoms with Gasteiger partial charge in [-0.2, -0.15) is 8.78 Å². The zero-order chi connectivity index (χ0) is 14.7. The van der Waals surface area contributed by atoms with Gasteiger partial charge in [-0.3, -0.25) is 0 Å². The molecule has 0 spiro atoms. The number of alkyl halides is 2. The topological polar surface area (TPSA) is 50.8 Å². The van der Waals surface area contributed by atoms with E-state index in [4.69, 9.17) is 17.3 Å². The largest absolute Gasteiger partial charge is 0.434 e. The minimum atomic E-state index is -2.88. The molecule has 110 valence electrons. The molecule has 1 fully saturated rings. The third kappa shape index (κ3) is 3.96. The van der Waals surface area contributed by atoms with Gasteiger partial charge in [0.25, 0.3) is 0 Å². The zero-order valence-corrected chi connectivity index (χ0v) is 11.8. The van der Waals surface area contributed by atoms with Crippen LogP contribution in [-0.2, 0) is 6.54 Å². The van der Waals surface area contributed by atoms with Crippen molar-refractivity contribution in [2.24, 2.45) is 10.7 Å². The number of aliphatic imine (C=N–C) groups is 1. The number of ether oxygens (including phenoxy) is 1. The quantitative estimate of drug-likeness (QED) is 0.672. The predicted molar refractivity (Wildman–Crippen MR) is 74.2 cm³/mol. The Bertz CT molecular complexity index is 506. The van der Waals surface area contributed by atoms with Crippen molar-refractivity contribution in [3.63, 3.8) is 0 Å². The number of hydrogen-bond acceptors (Lipinski definition) is 2. The molecule has 2 N–H and O–H groups in total. The highest BCUT2D eigenvalue weighted by Crippen LogP contribution is 2.27. The Hall–Kier alpha value is -1.56. The highest BCUT2D eigenvalue weighted by Gasteiger charge is 2.27. The van der Waals surface area contributed by atoms with Gasteiger partial charge in [0.2, 0.25) is 0 Å². The minimum Gasteiger partial charge on any atom is -0.434 e. The van der Waals surface area contributed by atoms with E-state index in [-0.39, 0.29) is 12.3 Å². The lowest BCUT2D eigenvalue weighted by molar-refractivity contribution is -0.0504. The molecule has 4 nitrogen and oxygen atoms in total. The normalized spacial score (nSPS) is 15.6. The van der Waals surface area contributed by atoms with Gasteiger partial charge in [-0.15, -0.1) is 0 Å². The molecule has 1 aliphatic rings. The van der Waals surface area contributed by atoms with Crippen LogP contribution >= 0.6 is 11.6 Å². The SMILES string of the molecule is CN(C(N)=NCc1cc(Cl)ccc1OC(F)F)C1CC1. The molecular weight excluding hydrogens is 288 g/mol. The second-order valence-electron chi connectivity index (χ2n) is 4.65. The minimum absolute atomic E-state index is 0.0648. The van der Waals surface area contributed by atoms with Gasteiger partial charge in [-0.25, -0.2) is 4.99 Å². The summed E-state index contributed by atoms with van der Waals surface area (Å²) >= 11 is 5.86. The summed E-state index contributed by atoms with van der Waals surface area (Å²) in [6.45, 7) is -2.74. The summed E-state index contributed by atoms with van der Waals surface area (Å²) in [5.41, 5.74) is 6.33. The Morgan fingerprint density at radius 1 is 1.55 bits per heavy atom. The monoisotopic (exact) mass is 303 g/mol. The Balaban J connectivity index is 2.10. The van der Waals surface area contributed by atoms with Crippen LogP contribution in [0.2, 0.25) is 5.02 Å². The van der Waals surface area contributed by atoms with E-state index in [0.717, 1.165) is 12.8 Å². The van der Waals surface area contributed by atoms with Crippen LogP contribution in [0.3, 0.4) is 0 Å². The Morgan fingerprint density at radius 2 is 2.25 bits per heavy atom. The van der Waals surface area contributed by atoms with E-state index in [0.29, 0.717) is 22.6 Å². The fourth-order valence-corrected chi connectivity index (χ4v) is 2.00. The maximum absolute atomic E-state index is 12.3. The molecule has 0 amide bonds. The lowest BCUT2D eigenvalue weighted by atomic mass is 10.2. The van der Waals surface area contributed by atoms with Crippen molar-refractivity contribution >= 4 is 17.6 Å². The van der Waals surface area contributed by atoms with Crippen LogP contribution in [0.1, 0.15) is 18.4 Å². The fourth-order valence-electron chi connectivity index (χ4n) is 1.81. The summed E-state index contributed by atoms with van der Waals surface area (Å²) in [7, 11) is 1.87. The summed E-state index contributed by atoms with van der Waals surface area (Å²) in [5, 5.41) is 0.436. The van der Waals surface area contributed by atoms with Crippen molar-refractivity contribution in [1.82, 2.24) is 4.90 Å². The van der Waals surface area contributed by atoms with Crippen molar-refractivity contribution in [1.29, 1.82) is 0 Å². The number of benzene rings is 1. The Kier molecular flexibility index (Phi) is 4.65. The van der Waals surface area contributed by atoms with Gasteiger partial charge >= 0.3 is 6.61 Å². The zero-order valence-electron chi connectivity index (χ0n) is 11.0. The molecule has 1 aliphatic carbocycles. The average molecular weight is 304 g/mol. The first-order valence-electron chi connectivity index (χ1n) is 6.23. The maximum atomic E-state index is 12.3. The van der Waals surface area contributed by atoms with Crippen molar-refractivity contribution in [3.05, 3.63) is 28.8 Å². The molecule has 1 aromatic carbocycles. The van der Waals surface area contributed by atoms with Crippen LogP contribution in [0.25, 0.3) is 0 Å². The third-order valence-electron chi connectivity index (χ3n) is 3.11. The summed E-state index contributed by atoms with van der Waals surface area (Å²) < 4.78 is 29.1. The van der Waals surface area contributed by atoms with Gasteiger partial charge in [0, 0.05) is 23.7 Å². The van der Waals surface area contributed by atoms with E-state index in [2.05, 4.69) is 9.73 Å². The molecule has 1 saturated carbocycles. The fraction of sp³-hybridized carbons (Fsp3) is 0.462. The predicted octanol–water partition coefficient (Wildman–Crippen LogP) is 2.85. The van der Waals surface area contributed by atoms with Crippen molar-refractivity contribution in [2.75, 3.05) is 7.05 Å². The first kappa shape index (κ1) is 14.8. The van der Waals surface area contributed by atoms with E-state index in [1.165, 1.54) is 12.1 Å². The number of halogens is 3. The number of nitrogens with zero attached hydrogens (tertiary/aromatic N) is 2. The number of guanidine groups is 1. The van der Waals surface area contributed by atoms with Gasteiger partial charge in [-0.05, 0) is 31.0 Å². The maximum Gasteiger partial charge on any atom is 0.387 e. The van der Waals surface area contributed by atoms with Crippen molar-refractivity contribution in [3.8, 4) is 5.75 Å². The summed E-state index contributed by atoms with van der Waals surface area (Å²) in [4.78, 5) is 6.09. The van der Waals surface area contributed by atoms with Crippen LogP contribution < -0.4 is 10.5 Å². The summed E-state index contributed by atoms with van der Waals surface area (Å²) in [5.74, 6) is 0.450. The molecule has 20 heavy (non-hydrogen) atoms. The van der Waals surface area contributed by atoms with E-state index < -0.39 is 6.61 Å². The van der Waals surface area contributed by atoms with E-state index in [9.17, 15) is 8.78 Å². The first-order chi connectivity index (χ1) is 9.47. The van der Waals surface area contributed by atoms with E-state index >= 15 is 0 Å². The molecular formula is C13H16ClF2N3O. The Labute approximate surface area is 121 Å². The number of nitrogens with two attached hydrogens (primary N) is 1. The van der Waals surface area contributed by atoms with Crippen LogP contribution in [0.4, 0.5) is 8.78 Å². The summed E-state index contributed by atoms with van der Waals surface area (Å²) in [6, 6.07) is 4.88. The lowest BCUT2D eigenvalue weighted by Gasteiger charge is -2.17. The molecule has 0 saturated heterocycles. The van der Waals surface area contributed by atoms with Crippen molar-refractivity contribution in [2.45, 2.75) is 32.0 Å². The second-order valence-corrected chi connectivity index (χ2v) is 5.08. The van der Waals surface area contributed by atoms with Crippen LogP contribution in [-0.4, -0.2) is 30.6 Å². The van der Waals surface area contributed by atoms with E-state index in [1.807, 2.05) is 11.9 Å². The third-order valence-corrected chi connectivity index (χ3v) is 3.34. The van der Waals surface area contributed by atoms with Crippen LogP contribution in [0.5, 0.6) is 5.75 Å². The smallest absolute Gasteiger partial charge is 0.387 e. The lowest BCUT2D eigenvalue weighted by Crippen LogP contribution is -2.35. The van der Waals surface area contributed by atoms with Crippen LogP contribution in [0, 0.1) is 0 Å². The Morgan fingerprint density at radius 3 is 2.85 bits per heavy atom. The molecule has 1 aromatic rings. The molecule has 7 heteroatoms. The van der Waals surface area contributed by atoms with Gasteiger partial charge < -0.3 is 15.4 Å². The second kappa shape index (κ2) is 6.26. The van der Waals surface area contributed by atoms with Crippen molar-refractivity contribution < 1.29 is 13.5 Å². The van der Waals surface area contributed by atoms with Gasteiger partial charge in [0.1, 0.15) is 5.75 Å². The number of hydrogen-bond donors (Lipinski definition) is 1. The molecule has 0 aliphatic heterocycles.